The van der Waals surface area contributed by atoms with Gasteiger partial charge in [0.1, 0.15) is 5.75 Å². The van der Waals surface area contributed by atoms with Crippen molar-refractivity contribution in [2.24, 2.45) is 0 Å². The van der Waals surface area contributed by atoms with E-state index in [4.69, 9.17) is 4.74 Å². The molecule has 1 N–H and O–H groups in total. The summed E-state index contributed by atoms with van der Waals surface area (Å²) in [5, 5.41) is 2.97. The van der Waals surface area contributed by atoms with Gasteiger partial charge in [-0.1, -0.05) is 29.8 Å². The Balaban J connectivity index is 1.61. The van der Waals surface area contributed by atoms with E-state index in [0.29, 0.717) is 13.0 Å². The maximum Gasteiger partial charge on any atom is 0.226 e. The van der Waals surface area contributed by atoms with Crippen molar-refractivity contribution in [1.82, 2.24) is 9.88 Å². The SMILES string of the molecule is COc1ccc(CNC(=O)Cc2cccn2-c2ccc(C)cc2)cc1. The van der Waals surface area contributed by atoms with Crippen molar-refractivity contribution >= 4 is 5.91 Å². The molecule has 1 heterocycles. The molecule has 4 heteroatoms. The molecule has 3 rings (SSSR count). The van der Waals surface area contributed by atoms with E-state index in [1.165, 1.54) is 5.56 Å². The van der Waals surface area contributed by atoms with Gasteiger partial charge in [-0.3, -0.25) is 4.79 Å². The third-order valence-electron chi connectivity index (χ3n) is 4.14. The number of ether oxygens (including phenoxy) is 1. The van der Waals surface area contributed by atoms with Crippen LogP contribution in [0.5, 0.6) is 5.75 Å². The molecule has 0 aliphatic heterocycles. The van der Waals surface area contributed by atoms with Gasteiger partial charge in [-0.15, -0.1) is 0 Å². The molecule has 0 aliphatic rings. The molecule has 0 unspecified atom stereocenters. The number of nitrogens with one attached hydrogen (secondary N) is 1. The van der Waals surface area contributed by atoms with Crippen LogP contribution < -0.4 is 10.1 Å². The first-order valence-corrected chi connectivity index (χ1v) is 8.28. The first kappa shape index (κ1) is 16.8. The average molecular weight is 334 g/mol. The summed E-state index contributed by atoms with van der Waals surface area (Å²) < 4.78 is 7.19. The highest BCUT2D eigenvalue weighted by atomic mass is 16.5. The zero-order chi connectivity index (χ0) is 17.6. The summed E-state index contributed by atoms with van der Waals surface area (Å²) in [6.45, 7) is 2.57. The normalized spacial score (nSPS) is 10.5. The predicted octanol–water partition coefficient (Wildman–Crippen LogP) is 3.65. The number of carbonyl (C=O) groups is 1. The fourth-order valence-electron chi connectivity index (χ4n) is 2.69. The van der Waals surface area contributed by atoms with Gasteiger partial charge >= 0.3 is 0 Å². The van der Waals surface area contributed by atoms with E-state index in [9.17, 15) is 4.79 Å². The summed E-state index contributed by atoms with van der Waals surface area (Å²) in [7, 11) is 1.64. The second-order valence-electron chi connectivity index (χ2n) is 6.01. The van der Waals surface area contributed by atoms with Gasteiger partial charge in [0.2, 0.25) is 5.91 Å². The Morgan fingerprint density at radius 2 is 1.76 bits per heavy atom. The highest BCUT2D eigenvalue weighted by Crippen LogP contribution is 2.15. The molecule has 0 radical (unpaired) electrons. The summed E-state index contributed by atoms with van der Waals surface area (Å²) >= 11 is 0. The monoisotopic (exact) mass is 334 g/mol. The first-order chi connectivity index (χ1) is 12.2. The van der Waals surface area contributed by atoms with Crippen LogP contribution in [0.15, 0.2) is 66.9 Å². The van der Waals surface area contributed by atoms with Gasteiger partial charge in [0.25, 0.3) is 0 Å². The van der Waals surface area contributed by atoms with Crippen molar-refractivity contribution in [2.75, 3.05) is 7.11 Å². The Bertz CT molecular complexity index is 833. The lowest BCUT2D eigenvalue weighted by Crippen LogP contribution is -2.25. The van der Waals surface area contributed by atoms with E-state index in [2.05, 4.69) is 36.5 Å². The average Bonchev–Trinajstić information content (AvgIpc) is 3.09. The topological polar surface area (TPSA) is 43.3 Å². The van der Waals surface area contributed by atoms with Crippen molar-refractivity contribution in [3.05, 3.63) is 83.7 Å². The van der Waals surface area contributed by atoms with E-state index in [1.54, 1.807) is 7.11 Å². The van der Waals surface area contributed by atoms with Crippen LogP contribution >= 0.6 is 0 Å². The number of carbonyl (C=O) groups excluding carboxylic acids is 1. The van der Waals surface area contributed by atoms with Crippen molar-refractivity contribution in [3.63, 3.8) is 0 Å². The van der Waals surface area contributed by atoms with Crippen LogP contribution in [0.25, 0.3) is 5.69 Å². The Kier molecular flexibility index (Phi) is 5.19. The number of hydrogen-bond donors (Lipinski definition) is 1. The smallest absolute Gasteiger partial charge is 0.226 e. The number of nitrogens with zero attached hydrogens (tertiary/aromatic N) is 1. The number of benzene rings is 2. The summed E-state index contributed by atoms with van der Waals surface area (Å²) in [6, 6.07) is 19.9. The second kappa shape index (κ2) is 7.71. The molecule has 3 aromatic rings. The Hall–Kier alpha value is -3.01. The lowest BCUT2D eigenvalue weighted by molar-refractivity contribution is -0.120. The van der Waals surface area contributed by atoms with Gasteiger partial charge in [0, 0.05) is 24.1 Å². The van der Waals surface area contributed by atoms with Gasteiger partial charge in [-0.2, -0.15) is 0 Å². The summed E-state index contributed by atoms with van der Waals surface area (Å²) in [5.41, 5.74) is 4.29. The fourth-order valence-corrected chi connectivity index (χ4v) is 2.69. The predicted molar refractivity (Wildman–Crippen MR) is 99.1 cm³/mol. The highest BCUT2D eigenvalue weighted by molar-refractivity contribution is 5.78. The van der Waals surface area contributed by atoms with Crippen molar-refractivity contribution in [1.29, 1.82) is 0 Å². The van der Waals surface area contributed by atoms with Crippen LogP contribution in [0.4, 0.5) is 0 Å². The van der Waals surface area contributed by atoms with E-state index in [-0.39, 0.29) is 5.91 Å². The lowest BCUT2D eigenvalue weighted by Gasteiger charge is -2.10. The number of hydrogen-bond acceptors (Lipinski definition) is 2. The minimum Gasteiger partial charge on any atom is -0.497 e. The van der Waals surface area contributed by atoms with E-state index in [1.807, 2.05) is 47.2 Å². The number of amides is 1. The number of methoxy groups -OCH3 is 1. The molecular weight excluding hydrogens is 312 g/mol. The van der Waals surface area contributed by atoms with Crippen LogP contribution in [0.1, 0.15) is 16.8 Å². The van der Waals surface area contributed by atoms with Crippen molar-refractivity contribution < 1.29 is 9.53 Å². The minimum atomic E-state index is 0.00267. The fraction of sp³-hybridized carbons (Fsp3) is 0.190. The second-order valence-corrected chi connectivity index (χ2v) is 6.01. The maximum absolute atomic E-state index is 12.3. The maximum atomic E-state index is 12.3. The molecule has 0 aliphatic carbocycles. The van der Waals surface area contributed by atoms with E-state index >= 15 is 0 Å². The summed E-state index contributed by atoms with van der Waals surface area (Å²) in [6.07, 6.45) is 2.33. The van der Waals surface area contributed by atoms with Crippen molar-refractivity contribution in [2.45, 2.75) is 19.9 Å². The first-order valence-electron chi connectivity index (χ1n) is 8.28. The van der Waals surface area contributed by atoms with Crippen LogP contribution in [-0.2, 0) is 17.8 Å². The molecule has 0 saturated heterocycles. The van der Waals surface area contributed by atoms with Gasteiger partial charge in [-0.25, -0.2) is 0 Å². The largest absolute Gasteiger partial charge is 0.497 e. The third kappa shape index (κ3) is 4.29. The Morgan fingerprint density at radius 1 is 1.04 bits per heavy atom. The van der Waals surface area contributed by atoms with Crippen LogP contribution in [-0.4, -0.2) is 17.6 Å². The molecular formula is C21H22N2O2. The Morgan fingerprint density at radius 3 is 2.44 bits per heavy atom. The zero-order valence-corrected chi connectivity index (χ0v) is 14.5. The van der Waals surface area contributed by atoms with Gasteiger partial charge in [-0.05, 0) is 48.9 Å². The van der Waals surface area contributed by atoms with Gasteiger partial charge in [0.15, 0.2) is 0 Å². The van der Waals surface area contributed by atoms with Gasteiger partial charge < -0.3 is 14.6 Å². The molecule has 1 amide bonds. The van der Waals surface area contributed by atoms with Gasteiger partial charge in [0.05, 0.1) is 13.5 Å². The third-order valence-corrected chi connectivity index (χ3v) is 4.14. The summed E-state index contributed by atoms with van der Waals surface area (Å²) in [4.78, 5) is 12.3. The number of rotatable bonds is 6. The van der Waals surface area contributed by atoms with E-state index in [0.717, 1.165) is 22.7 Å². The standard InChI is InChI=1S/C21H22N2O2/c1-16-5-9-18(10-6-16)23-13-3-4-19(23)14-21(24)22-15-17-7-11-20(25-2)12-8-17/h3-13H,14-15H2,1-2H3,(H,22,24). The molecule has 2 aromatic carbocycles. The molecule has 0 fully saturated rings. The molecule has 0 atom stereocenters. The molecule has 0 bridgehead atoms. The molecule has 0 spiro atoms. The lowest BCUT2D eigenvalue weighted by atomic mass is 10.2. The quantitative estimate of drug-likeness (QED) is 0.748. The number of aromatic nitrogens is 1. The van der Waals surface area contributed by atoms with E-state index < -0.39 is 0 Å². The van der Waals surface area contributed by atoms with Crippen LogP contribution in [0, 0.1) is 6.92 Å². The van der Waals surface area contributed by atoms with Crippen molar-refractivity contribution in [3.8, 4) is 11.4 Å². The Labute approximate surface area is 148 Å². The minimum absolute atomic E-state index is 0.00267. The van der Waals surface area contributed by atoms with Crippen LogP contribution in [0.3, 0.4) is 0 Å². The summed E-state index contributed by atoms with van der Waals surface area (Å²) in [5.74, 6) is 0.814. The molecule has 4 nitrogen and oxygen atoms in total. The molecule has 1 aromatic heterocycles. The van der Waals surface area contributed by atoms with Crippen LogP contribution in [0.2, 0.25) is 0 Å². The molecule has 0 saturated carbocycles. The molecule has 25 heavy (non-hydrogen) atoms. The number of aryl methyl sites for hydroxylation is 1. The highest BCUT2D eigenvalue weighted by Gasteiger charge is 2.09. The molecule has 128 valence electrons. The zero-order valence-electron chi connectivity index (χ0n) is 14.5.